The summed E-state index contributed by atoms with van der Waals surface area (Å²) in [5, 5.41) is 6.17. The molecule has 3 N–H and O–H groups in total. The third kappa shape index (κ3) is 2.84. The van der Waals surface area contributed by atoms with E-state index in [9.17, 15) is 4.79 Å². The van der Waals surface area contributed by atoms with Crippen molar-refractivity contribution in [3.05, 3.63) is 28.5 Å². The predicted molar refractivity (Wildman–Crippen MR) is 66.0 cm³/mol. The van der Waals surface area contributed by atoms with Crippen molar-refractivity contribution in [1.82, 2.24) is 20.2 Å². The quantitative estimate of drug-likeness (QED) is 0.468. The maximum absolute atomic E-state index is 11.2. The van der Waals surface area contributed by atoms with Crippen molar-refractivity contribution in [1.29, 1.82) is 0 Å². The maximum Gasteiger partial charge on any atom is 0.294 e. The van der Waals surface area contributed by atoms with Gasteiger partial charge in [0.15, 0.2) is 10.8 Å². The second kappa shape index (κ2) is 5.61. The Morgan fingerprint density at radius 2 is 2.50 bits per heavy atom. The van der Waals surface area contributed by atoms with Crippen molar-refractivity contribution >= 4 is 17.2 Å². The fourth-order valence-corrected chi connectivity index (χ4v) is 1.99. The van der Waals surface area contributed by atoms with Gasteiger partial charge >= 0.3 is 0 Å². The zero-order valence-electron chi connectivity index (χ0n) is 9.79. The number of rotatable bonds is 5. The van der Waals surface area contributed by atoms with Crippen LogP contribution in [0.4, 0.5) is 0 Å². The molecule has 0 spiro atoms. The van der Waals surface area contributed by atoms with E-state index in [1.165, 1.54) is 11.3 Å². The lowest BCUT2D eigenvalue weighted by molar-refractivity contribution is 0.0953. The van der Waals surface area contributed by atoms with Crippen LogP contribution in [0, 0.1) is 0 Å². The molecule has 7 nitrogen and oxygen atoms in total. The minimum atomic E-state index is -0.398. The Morgan fingerprint density at radius 1 is 1.67 bits per heavy atom. The molecular weight excluding hydrogens is 254 g/mol. The van der Waals surface area contributed by atoms with Gasteiger partial charge in [-0.15, -0.1) is 11.3 Å². The van der Waals surface area contributed by atoms with Gasteiger partial charge in [-0.05, 0) is 6.92 Å². The van der Waals surface area contributed by atoms with Gasteiger partial charge in [-0.3, -0.25) is 14.9 Å². The van der Waals surface area contributed by atoms with Crippen LogP contribution < -0.4 is 16.0 Å². The highest BCUT2D eigenvalue weighted by molar-refractivity contribution is 7.11. The second-order valence-electron chi connectivity index (χ2n) is 3.44. The monoisotopic (exact) mass is 267 g/mol. The summed E-state index contributed by atoms with van der Waals surface area (Å²) in [4.78, 5) is 15.3. The lowest BCUT2D eigenvalue weighted by Crippen LogP contribution is -2.29. The van der Waals surface area contributed by atoms with Crippen LogP contribution >= 0.6 is 11.3 Å². The van der Waals surface area contributed by atoms with Gasteiger partial charge < -0.3 is 4.74 Å². The number of amides is 1. The first kappa shape index (κ1) is 12.5. The SMILES string of the molecule is CCn1cc(OCc2csc(C(=O)NN)n2)cn1. The number of hydrogen-bond acceptors (Lipinski definition) is 6. The summed E-state index contributed by atoms with van der Waals surface area (Å²) in [5.74, 6) is 5.30. The number of carbonyl (C=O) groups excluding carboxylic acids is 1. The highest BCUT2D eigenvalue weighted by Crippen LogP contribution is 2.14. The minimum absolute atomic E-state index is 0.295. The standard InChI is InChI=1S/C10H13N5O2S/c1-2-15-4-8(3-12-15)17-5-7-6-18-10(13-7)9(16)14-11/h3-4,6H,2,5,11H2,1H3,(H,14,16). The molecule has 2 aromatic heterocycles. The van der Waals surface area contributed by atoms with Crippen molar-refractivity contribution in [3.8, 4) is 5.75 Å². The van der Waals surface area contributed by atoms with E-state index >= 15 is 0 Å². The molecule has 0 saturated carbocycles. The molecule has 0 aliphatic carbocycles. The molecule has 2 heterocycles. The fraction of sp³-hybridized carbons (Fsp3) is 0.300. The fourth-order valence-electron chi connectivity index (χ4n) is 1.29. The molecule has 0 aromatic carbocycles. The molecular formula is C10H13N5O2S. The molecule has 0 saturated heterocycles. The lowest BCUT2D eigenvalue weighted by atomic mass is 10.5. The van der Waals surface area contributed by atoms with Crippen LogP contribution in [-0.4, -0.2) is 20.7 Å². The van der Waals surface area contributed by atoms with Crippen molar-refractivity contribution in [2.45, 2.75) is 20.1 Å². The van der Waals surface area contributed by atoms with Gasteiger partial charge in [0.1, 0.15) is 6.61 Å². The van der Waals surface area contributed by atoms with Gasteiger partial charge in [-0.25, -0.2) is 10.8 Å². The van der Waals surface area contributed by atoms with E-state index in [2.05, 4.69) is 10.1 Å². The Morgan fingerprint density at radius 3 is 3.17 bits per heavy atom. The number of aryl methyl sites for hydroxylation is 1. The van der Waals surface area contributed by atoms with Gasteiger partial charge in [0, 0.05) is 11.9 Å². The van der Waals surface area contributed by atoms with Crippen molar-refractivity contribution in [3.63, 3.8) is 0 Å². The van der Waals surface area contributed by atoms with Crippen molar-refractivity contribution in [2.24, 2.45) is 5.84 Å². The number of nitrogens with one attached hydrogen (secondary N) is 1. The van der Waals surface area contributed by atoms with Crippen molar-refractivity contribution in [2.75, 3.05) is 0 Å². The summed E-state index contributed by atoms with van der Waals surface area (Å²) in [6, 6.07) is 0. The van der Waals surface area contributed by atoms with E-state index in [1.807, 2.05) is 12.3 Å². The van der Waals surface area contributed by atoms with Crippen LogP contribution in [0.25, 0.3) is 0 Å². The summed E-state index contributed by atoms with van der Waals surface area (Å²) in [6.07, 6.45) is 3.45. The Kier molecular flexibility index (Phi) is 3.90. The Balaban J connectivity index is 1.93. The van der Waals surface area contributed by atoms with Gasteiger partial charge in [0.25, 0.3) is 5.91 Å². The van der Waals surface area contributed by atoms with Crippen LogP contribution in [-0.2, 0) is 13.2 Å². The number of hydrazine groups is 1. The smallest absolute Gasteiger partial charge is 0.294 e. The number of carbonyl (C=O) groups is 1. The average molecular weight is 267 g/mol. The number of nitrogen functional groups attached to an aromatic ring is 1. The molecule has 2 aromatic rings. The van der Waals surface area contributed by atoms with E-state index in [1.54, 1.807) is 22.5 Å². The zero-order chi connectivity index (χ0) is 13.0. The lowest BCUT2D eigenvalue weighted by Gasteiger charge is -1.99. The van der Waals surface area contributed by atoms with E-state index in [0.29, 0.717) is 23.1 Å². The van der Waals surface area contributed by atoms with Crippen LogP contribution in [0.3, 0.4) is 0 Å². The Hall–Kier alpha value is -1.93. The number of hydrogen-bond donors (Lipinski definition) is 2. The summed E-state index contributed by atoms with van der Waals surface area (Å²) < 4.78 is 7.27. The molecule has 0 aliphatic heterocycles. The Labute approximate surface area is 108 Å². The molecule has 0 unspecified atom stereocenters. The average Bonchev–Trinajstić information content (AvgIpc) is 3.04. The summed E-state index contributed by atoms with van der Waals surface area (Å²) in [6.45, 7) is 3.08. The van der Waals surface area contributed by atoms with Gasteiger partial charge in [-0.2, -0.15) is 5.10 Å². The van der Waals surface area contributed by atoms with Crippen LogP contribution in [0.2, 0.25) is 0 Å². The predicted octanol–water partition coefficient (Wildman–Crippen LogP) is 0.542. The highest BCUT2D eigenvalue weighted by Gasteiger charge is 2.09. The van der Waals surface area contributed by atoms with Gasteiger partial charge in [0.2, 0.25) is 0 Å². The normalized spacial score (nSPS) is 10.3. The highest BCUT2D eigenvalue weighted by atomic mass is 32.1. The first-order valence-electron chi connectivity index (χ1n) is 5.33. The van der Waals surface area contributed by atoms with E-state index < -0.39 is 5.91 Å². The molecule has 0 fully saturated rings. The first-order chi connectivity index (χ1) is 8.72. The molecule has 1 amide bonds. The van der Waals surface area contributed by atoms with E-state index in [-0.39, 0.29) is 0 Å². The van der Waals surface area contributed by atoms with E-state index in [4.69, 9.17) is 10.6 Å². The Bertz CT molecular complexity index is 536. The molecule has 18 heavy (non-hydrogen) atoms. The summed E-state index contributed by atoms with van der Waals surface area (Å²) in [5.41, 5.74) is 2.72. The number of ether oxygens (including phenoxy) is 1. The molecule has 0 aliphatic rings. The van der Waals surface area contributed by atoms with Crippen LogP contribution in [0.1, 0.15) is 22.4 Å². The summed E-state index contributed by atoms with van der Waals surface area (Å²) in [7, 11) is 0. The van der Waals surface area contributed by atoms with Gasteiger partial charge in [0.05, 0.1) is 18.1 Å². The number of nitrogens with two attached hydrogens (primary N) is 1. The molecule has 2 rings (SSSR count). The molecule has 0 atom stereocenters. The topological polar surface area (TPSA) is 95.1 Å². The zero-order valence-corrected chi connectivity index (χ0v) is 10.6. The van der Waals surface area contributed by atoms with Crippen LogP contribution in [0.5, 0.6) is 5.75 Å². The molecule has 8 heteroatoms. The minimum Gasteiger partial charge on any atom is -0.484 e. The van der Waals surface area contributed by atoms with E-state index in [0.717, 1.165) is 6.54 Å². The molecule has 96 valence electrons. The van der Waals surface area contributed by atoms with Crippen molar-refractivity contribution < 1.29 is 9.53 Å². The first-order valence-corrected chi connectivity index (χ1v) is 6.21. The number of thiazole rings is 1. The summed E-state index contributed by atoms with van der Waals surface area (Å²) >= 11 is 1.22. The molecule has 0 bridgehead atoms. The largest absolute Gasteiger partial charge is 0.484 e. The van der Waals surface area contributed by atoms with Gasteiger partial charge in [-0.1, -0.05) is 0 Å². The number of nitrogens with zero attached hydrogens (tertiary/aromatic N) is 3. The third-order valence-electron chi connectivity index (χ3n) is 2.20. The second-order valence-corrected chi connectivity index (χ2v) is 4.30. The number of aromatic nitrogens is 3. The third-order valence-corrected chi connectivity index (χ3v) is 3.09. The van der Waals surface area contributed by atoms with Crippen LogP contribution in [0.15, 0.2) is 17.8 Å². The molecule has 0 radical (unpaired) electrons. The maximum atomic E-state index is 11.2.